The van der Waals surface area contributed by atoms with Crippen molar-refractivity contribution < 1.29 is 5.11 Å². The van der Waals surface area contributed by atoms with Gasteiger partial charge in [0, 0.05) is 0 Å². The number of alkyl halides is 1. The van der Waals surface area contributed by atoms with Crippen LogP contribution < -0.4 is 0 Å². The van der Waals surface area contributed by atoms with Crippen molar-refractivity contribution in [3.05, 3.63) is 11.6 Å². The summed E-state index contributed by atoms with van der Waals surface area (Å²) in [5, 5.41) is 12.8. The van der Waals surface area contributed by atoms with E-state index in [9.17, 15) is 0 Å². The molecule has 0 saturated carbocycles. The molecule has 1 aromatic rings. The minimum Gasteiger partial charge on any atom is -0.394 e. The fourth-order valence-electron chi connectivity index (χ4n) is 0.872. The molecule has 1 aromatic heterocycles. The van der Waals surface area contributed by atoms with Gasteiger partial charge in [-0.15, -0.1) is 0 Å². The predicted octanol–water partition coefficient (Wildman–Crippen LogP) is 0.514. The Labute approximate surface area is 78.8 Å². The highest BCUT2D eigenvalue weighted by atomic mass is 127. The molecule has 0 aliphatic heterocycles. The summed E-state index contributed by atoms with van der Waals surface area (Å²) < 4.78 is 2.57. The highest BCUT2D eigenvalue weighted by Crippen LogP contribution is 2.02. The minimum absolute atomic E-state index is 0.117. The van der Waals surface area contributed by atoms with Crippen LogP contribution in [-0.2, 0) is 11.0 Å². The smallest absolute Gasteiger partial charge is 0.147 e. The van der Waals surface area contributed by atoms with Gasteiger partial charge < -0.3 is 5.11 Å². The van der Waals surface area contributed by atoms with Gasteiger partial charge in [0.25, 0.3) is 0 Å². The van der Waals surface area contributed by atoms with Gasteiger partial charge in [-0.2, -0.15) is 5.10 Å². The molecule has 1 heterocycles. The Hall–Kier alpha value is -0.170. The first-order chi connectivity index (χ1) is 5.27. The number of rotatable bonds is 3. The lowest BCUT2D eigenvalue weighted by molar-refractivity contribution is 0.267. The van der Waals surface area contributed by atoms with E-state index in [0.717, 1.165) is 16.1 Å². The summed E-state index contributed by atoms with van der Waals surface area (Å²) in [6.45, 7) is 2.51. The maximum Gasteiger partial charge on any atom is 0.147 e. The molecule has 0 fully saturated rings. The van der Waals surface area contributed by atoms with Gasteiger partial charge in [0.2, 0.25) is 0 Å². The molecule has 0 aliphatic rings. The van der Waals surface area contributed by atoms with Gasteiger partial charge in [-0.1, -0.05) is 22.6 Å². The zero-order chi connectivity index (χ0) is 8.27. The molecule has 11 heavy (non-hydrogen) atoms. The zero-order valence-electron chi connectivity index (χ0n) is 6.29. The SMILES string of the molecule is Cc1nc(CI)n(CCO)n1. The quantitative estimate of drug-likeness (QED) is 0.641. The first kappa shape index (κ1) is 8.92. The van der Waals surface area contributed by atoms with Crippen molar-refractivity contribution in [2.45, 2.75) is 17.9 Å². The molecule has 0 aliphatic carbocycles. The highest BCUT2D eigenvalue weighted by molar-refractivity contribution is 14.1. The highest BCUT2D eigenvalue weighted by Gasteiger charge is 2.03. The van der Waals surface area contributed by atoms with Crippen LogP contribution in [-0.4, -0.2) is 26.5 Å². The second-order valence-corrected chi connectivity index (χ2v) is 2.92. The molecule has 0 spiro atoms. The van der Waals surface area contributed by atoms with Gasteiger partial charge in [-0.05, 0) is 6.92 Å². The normalized spacial score (nSPS) is 10.5. The minimum atomic E-state index is 0.117. The average molecular weight is 267 g/mol. The number of aromatic nitrogens is 3. The molecule has 0 saturated heterocycles. The molecule has 4 nitrogen and oxygen atoms in total. The lowest BCUT2D eigenvalue weighted by atomic mass is 10.6. The molecule has 1 N–H and O–H groups in total. The van der Waals surface area contributed by atoms with Crippen molar-refractivity contribution in [3.63, 3.8) is 0 Å². The van der Waals surface area contributed by atoms with E-state index in [0.29, 0.717) is 6.54 Å². The lowest BCUT2D eigenvalue weighted by Gasteiger charge is -1.98. The van der Waals surface area contributed by atoms with Crippen molar-refractivity contribution in [3.8, 4) is 0 Å². The third-order valence-corrected chi connectivity index (χ3v) is 1.97. The van der Waals surface area contributed by atoms with Crippen LogP contribution in [0, 0.1) is 6.92 Å². The van der Waals surface area contributed by atoms with E-state index >= 15 is 0 Å². The molecule has 0 radical (unpaired) electrons. The monoisotopic (exact) mass is 267 g/mol. The Morgan fingerprint density at radius 2 is 2.36 bits per heavy atom. The lowest BCUT2D eigenvalue weighted by Crippen LogP contribution is -2.07. The van der Waals surface area contributed by atoms with Crippen molar-refractivity contribution in [2.24, 2.45) is 0 Å². The van der Waals surface area contributed by atoms with Crippen molar-refractivity contribution in [1.82, 2.24) is 14.8 Å². The van der Waals surface area contributed by atoms with Crippen molar-refractivity contribution >= 4 is 22.6 Å². The van der Waals surface area contributed by atoms with E-state index in [2.05, 4.69) is 32.7 Å². The molecule has 62 valence electrons. The van der Waals surface area contributed by atoms with Gasteiger partial charge in [-0.25, -0.2) is 9.67 Å². The Morgan fingerprint density at radius 3 is 2.91 bits per heavy atom. The summed E-state index contributed by atoms with van der Waals surface area (Å²) in [5.74, 6) is 1.70. The first-order valence-electron chi connectivity index (χ1n) is 3.35. The largest absolute Gasteiger partial charge is 0.394 e. The van der Waals surface area contributed by atoms with Crippen LogP contribution in [0.15, 0.2) is 0 Å². The summed E-state index contributed by atoms with van der Waals surface area (Å²) in [4.78, 5) is 4.18. The standard InChI is InChI=1S/C6H10IN3O/c1-5-8-6(4-7)10(9-5)2-3-11/h11H,2-4H2,1H3. The molecule has 1 rings (SSSR count). The maximum atomic E-state index is 8.66. The van der Waals surface area contributed by atoms with Gasteiger partial charge in [0.1, 0.15) is 11.6 Å². The van der Waals surface area contributed by atoms with Crippen LogP contribution in [0.25, 0.3) is 0 Å². The van der Waals surface area contributed by atoms with Crippen LogP contribution in [0.1, 0.15) is 11.6 Å². The van der Waals surface area contributed by atoms with Gasteiger partial charge in [0.05, 0.1) is 17.6 Å². The Morgan fingerprint density at radius 1 is 1.64 bits per heavy atom. The number of hydrogen-bond donors (Lipinski definition) is 1. The fourth-order valence-corrected chi connectivity index (χ4v) is 1.44. The van der Waals surface area contributed by atoms with Gasteiger partial charge in [-0.3, -0.25) is 0 Å². The van der Waals surface area contributed by atoms with E-state index in [4.69, 9.17) is 5.11 Å². The van der Waals surface area contributed by atoms with Crippen molar-refractivity contribution in [1.29, 1.82) is 0 Å². The molecule has 0 aromatic carbocycles. The molecule has 0 atom stereocenters. The van der Waals surface area contributed by atoms with E-state index in [1.807, 2.05) is 6.92 Å². The second kappa shape index (κ2) is 4.01. The molecule has 5 heteroatoms. The number of nitrogens with zero attached hydrogens (tertiary/aromatic N) is 3. The summed E-state index contributed by atoms with van der Waals surface area (Å²) in [6, 6.07) is 0. The third kappa shape index (κ3) is 2.13. The predicted molar refractivity (Wildman–Crippen MR) is 49.6 cm³/mol. The zero-order valence-corrected chi connectivity index (χ0v) is 8.45. The molecule has 0 unspecified atom stereocenters. The maximum absolute atomic E-state index is 8.66. The van der Waals surface area contributed by atoms with E-state index < -0.39 is 0 Å². The summed E-state index contributed by atoms with van der Waals surface area (Å²) >= 11 is 2.23. The van der Waals surface area contributed by atoms with Crippen LogP contribution in [0.4, 0.5) is 0 Å². The Balaban J connectivity index is 2.83. The summed E-state index contributed by atoms with van der Waals surface area (Å²) in [7, 11) is 0. The fraction of sp³-hybridized carbons (Fsp3) is 0.667. The van der Waals surface area contributed by atoms with Crippen LogP contribution in [0.5, 0.6) is 0 Å². The number of halogens is 1. The summed E-state index contributed by atoms with van der Waals surface area (Å²) in [5.41, 5.74) is 0. The number of hydrogen-bond acceptors (Lipinski definition) is 3. The second-order valence-electron chi connectivity index (χ2n) is 2.16. The molecular weight excluding hydrogens is 257 g/mol. The van der Waals surface area contributed by atoms with Gasteiger partial charge >= 0.3 is 0 Å². The van der Waals surface area contributed by atoms with Crippen LogP contribution in [0.2, 0.25) is 0 Å². The molecule has 0 bridgehead atoms. The van der Waals surface area contributed by atoms with E-state index in [1.165, 1.54) is 0 Å². The average Bonchev–Trinajstić information content (AvgIpc) is 2.32. The van der Waals surface area contributed by atoms with Crippen LogP contribution in [0.3, 0.4) is 0 Å². The first-order valence-corrected chi connectivity index (χ1v) is 4.87. The van der Waals surface area contributed by atoms with Crippen molar-refractivity contribution in [2.75, 3.05) is 6.61 Å². The molecular formula is C6H10IN3O. The Bertz CT molecular complexity index is 236. The number of aliphatic hydroxyl groups is 1. The third-order valence-electron chi connectivity index (χ3n) is 1.29. The van der Waals surface area contributed by atoms with Crippen LogP contribution >= 0.6 is 22.6 Å². The summed E-state index contributed by atoms with van der Waals surface area (Å²) in [6.07, 6.45) is 0. The van der Waals surface area contributed by atoms with E-state index in [1.54, 1.807) is 4.68 Å². The Kier molecular flexibility index (Phi) is 3.25. The number of aryl methyl sites for hydroxylation is 1. The molecule has 0 amide bonds. The van der Waals surface area contributed by atoms with Gasteiger partial charge in [0.15, 0.2) is 0 Å². The van der Waals surface area contributed by atoms with E-state index in [-0.39, 0.29) is 6.61 Å². The number of aliphatic hydroxyl groups excluding tert-OH is 1. The topological polar surface area (TPSA) is 50.9 Å².